The molecule has 0 bridgehead atoms. The van der Waals surface area contributed by atoms with Gasteiger partial charge in [-0.25, -0.2) is 4.98 Å². The van der Waals surface area contributed by atoms with Gasteiger partial charge in [0.15, 0.2) is 0 Å². The molecule has 6 heteroatoms. The quantitative estimate of drug-likeness (QED) is 0.831. The van der Waals surface area contributed by atoms with Gasteiger partial charge in [-0.15, -0.1) is 11.3 Å². The number of methoxy groups -OCH3 is 1. The van der Waals surface area contributed by atoms with Gasteiger partial charge in [-0.2, -0.15) is 0 Å². The molecular weight excluding hydrogens is 298 g/mol. The second kappa shape index (κ2) is 7.38. The van der Waals surface area contributed by atoms with Crippen molar-refractivity contribution in [2.24, 2.45) is 0 Å². The highest BCUT2D eigenvalue weighted by molar-refractivity contribution is 7.09. The van der Waals surface area contributed by atoms with E-state index in [-0.39, 0.29) is 12.0 Å². The molecule has 1 atom stereocenters. The van der Waals surface area contributed by atoms with E-state index in [4.69, 9.17) is 10.5 Å². The summed E-state index contributed by atoms with van der Waals surface area (Å²) >= 11 is 1.55. The summed E-state index contributed by atoms with van der Waals surface area (Å²) < 4.78 is 5.25. The minimum Gasteiger partial charge on any atom is -0.399 e. The number of rotatable bonds is 6. The summed E-state index contributed by atoms with van der Waals surface area (Å²) in [4.78, 5) is 18.4. The number of nitrogens with two attached hydrogens (primary N) is 1. The average molecular weight is 319 g/mol. The van der Waals surface area contributed by atoms with Gasteiger partial charge in [-0.05, 0) is 24.6 Å². The molecule has 0 aliphatic heterocycles. The van der Waals surface area contributed by atoms with E-state index in [2.05, 4.69) is 4.98 Å². The number of aromatic nitrogens is 1. The summed E-state index contributed by atoms with van der Waals surface area (Å²) in [6, 6.07) is 7.37. The number of hydrogen-bond donors (Lipinski definition) is 1. The van der Waals surface area contributed by atoms with Crippen LogP contribution in [-0.2, 0) is 22.5 Å². The summed E-state index contributed by atoms with van der Waals surface area (Å²) in [7, 11) is 3.45. The lowest BCUT2D eigenvalue weighted by Crippen LogP contribution is -2.27. The third-order valence-corrected chi connectivity index (χ3v) is 4.49. The lowest BCUT2D eigenvalue weighted by atomic mass is 10.1. The van der Waals surface area contributed by atoms with Gasteiger partial charge in [-0.3, -0.25) is 4.79 Å². The molecule has 0 radical (unpaired) electrons. The van der Waals surface area contributed by atoms with Crippen LogP contribution in [-0.4, -0.2) is 29.9 Å². The zero-order valence-electron chi connectivity index (χ0n) is 13.1. The van der Waals surface area contributed by atoms with E-state index in [1.54, 1.807) is 30.4 Å². The van der Waals surface area contributed by atoms with E-state index >= 15 is 0 Å². The van der Waals surface area contributed by atoms with Crippen LogP contribution in [0.25, 0.3) is 0 Å². The van der Waals surface area contributed by atoms with Crippen molar-refractivity contribution in [3.63, 3.8) is 0 Å². The van der Waals surface area contributed by atoms with Crippen molar-refractivity contribution < 1.29 is 9.53 Å². The van der Waals surface area contributed by atoms with Crippen LogP contribution in [0.15, 0.2) is 29.6 Å². The van der Waals surface area contributed by atoms with Crippen molar-refractivity contribution in [3.05, 3.63) is 45.9 Å². The molecule has 5 nitrogen and oxygen atoms in total. The first-order valence-electron chi connectivity index (χ1n) is 7.05. The third-order valence-electron chi connectivity index (χ3n) is 3.43. The highest BCUT2D eigenvalue weighted by Crippen LogP contribution is 2.21. The van der Waals surface area contributed by atoms with Crippen LogP contribution in [0.3, 0.4) is 0 Å². The van der Waals surface area contributed by atoms with Crippen LogP contribution in [0.5, 0.6) is 0 Å². The highest BCUT2D eigenvalue weighted by atomic mass is 32.1. The molecule has 0 aliphatic carbocycles. The van der Waals surface area contributed by atoms with Crippen LogP contribution >= 0.6 is 11.3 Å². The van der Waals surface area contributed by atoms with Crippen molar-refractivity contribution in [3.8, 4) is 0 Å². The van der Waals surface area contributed by atoms with Gasteiger partial charge in [0.05, 0.1) is 18.7 Å². The minimum atomic E-state index is -0.0189. The number of hydrogen-bond acceptors (Lipinski definition) is 5. The first-order chi connectivity index (χ1) is 10.5. The Morgan fingerprint density at radius 3 is 2.73 bits per heavy atom. The molecule has 0 saturated heterocycles. The normalized spacial score (nSPS) is 12.1. The molecule has 0 aliphatic rings. The van der Waals surface area contributed by atoms with E-state index in [0.29, 0.717) is 18.7 Å². The Hall–Kier alpha value is -1.92. The Morgan fingerprint density at radius 1 is 1.41 bits per heavy atom. The van der Waals surface area contributed by atoms with Gasteiger partial charge in [0.2, 0.25) is 5.91 Å². The van der Waals surface area contributed by atoms with Crippen LogP contribution < -0.4 is 5.73 Å². The predicted octanol–water partition coefficient (Wildman–Crippen LogP) is 2.63. The van der Waals surface area contributed by atoms with Crippen molar-refractivity contribution in [2.75, 3.05) is 19.9 Å². The number of anilines is 1. The average Bonchev–Trinajstić information content (AvgIpc) is 2.97. The summed E-state index contributed by atoms with van der Waals surface area (Å²) in [5.41, 5.74) is 8.19. The first-order valence-corrected chi connectivity index (χ1v) is 7.93. The Labute approximate surface area is 134 Å². The summed E-state index contributed by atoms with van der Waals surface area (Å²) in [6.07, 6.45) is 0.344. The van der Waals surface area contributed by atoms with Gasteiger partial charge in [0.1, 0.15) is 11.1 Å². The molecule has 0 fully saturated rings. The van der Waals surface area contributed by atoms with Crippen molar-refractivity contribution >= 4 is 22.9 Å². The molecule has 0 spiro atoms. The highest BCUT2D eigenvalue weighted by Gasteiger charge is 2.14. The Balaban J connectivity index is 1.93. The van der Waals surface area contributed by atoms with Gasteiger partial charge >= 0.3 is 0 Å². The molecule has 2 aromatic rings. The molecule has 0 unspecified atom stereocenters. The van der Waals surface area contributed by atoms with Crippen molar-refractivity contribution in [1.29, 1.82) is 0 Å². The monoisotopic (exact) mass is 319 g/mol. The van der Waals surface area contributed by atoms with E-state index in [0.717, 1.165) is 16.3 Å². The van der Waals surface area contributed by atoms with Crippen LogP contribution in [0.1, 0.15) is 29.3 Å². The van der Waals surface area contributed by atoms with Crippen LogP contribution in [0, 0.1) is 0 Å². The van der Waals surface area contributed by atoms with Gasteiger partial charge in [0.25, 0.3) is 0 Å². The van der Waals surface area contributed by atoms with Crippen molar-refractivity contribution in [1.82, 2.24) is 9.88 Å². The summed E-state index contributed by atoms with van der Waals surface area (Å²) in [5, 5.41) is 2.90. The number of ether oxygens (including phenoxy) is 1. The molecule has 1 aromatic carbocycles. The van der Waals surface area contributed by atoms with Gasteiger partial charge in [-0.1, -0.05) is 12.1 Å². The van der Waals surface area contributed by atoms with E-state index < -0.39 is 0 Å². The number of carbonyl (C=O) groups is 1. The molecule has 1 amide bonds. The van der Waals surface area contributed by atoms with E-state index in [1.807, 2.05) is 36.6 Å². The minimum absolute atomic E-state index is 0.0189. The first kappa shape index (κ1) is 16.5. The number of nitrogens with zero attached hydrogens (tertiary/aromatic N) is 2. The number of thiazole rings is 1. The number of benzene rings is 1. The number of nitrogen functional groups attached to an aromatic ring is 1. The molecule has 2 N–H and O–H groups in total. The molecule has 2 rings (SSSR count). The molecular formula is C16H21N3O2S. The van der Waals surface area contributed by atoms with Gasteiger partial charge in [0, 0.05) is 25.2 Å². The summed E-state index contributed by atoms with van der Waals surface area (Å²) in [5.74, 6) is 0.0547. The largest absolute Gasteiger partial charge is 0.399 e. The SMILES string of the molecule is CO[C@@H](C)c1nc(CN(C)C(=O)Cc2ccc(N)cc2)cs1. The number of likely N-dealkylation sites (N-methyl/N-ethyl adjacent to an activating group) is 1. The van der Waals surface area contributed by atoms with Crippen molar-refractivity contribution in [2.45, 2.75) is 26.0 Å². The van der Waals surface area contributed by atoms with Crippen LogP contribution in [0.4, 0.5) is 5.69 Å². The maximum atomic E-state index is 12.2. The molecule has 0 saturated carbocycles. The zero-order chi connectivity index (χ0) is 16.1. The van der Waals surface area contributed by atoms with Crippen LogP contribution in [0.2, 0.25) is 0 Å². The lowest BCUT2D eigenvalue weighted by molar-refractivity contribution is -0.129. The predicted molar refractivity (Wildman–Crippen MR) is 88.6 cm³/mol. The van der Waals surface area contributed by atoms with E-state index in [1.165, 1.54) is 0 Å². The number of amides is 1. The fraction of sp³-hybridized carbons (Fsp3) is 0.375. The third kappa shape index (κ3) is 4.29. The number of carbonyl (C=O) groups excluding carboxylic acids is 1. The maximum absolute atomic E-state index is 12.2. The maximum Gasteiger partial charge on any atom is 0.227 e. The molecule has 118 valence electrons. The summed E-state index contributed by atoms with van der Waals surface area (Å²) in [6.45, 7) is 2.46. The Bertz CT molecular complexity index is 625. The topological polar surface area (TPSA) is 68.5 Å². The fourth-order valence-electron chi connectivity index (χ4n) is 1.96. The fourth-order valence-corrected chi connectivity index (χ4v) is 2.80. The second-order valence-corrected chi connectivity index (χ2v) is 6.11. The smallest absolute Gasteiger partial charge is 0.227 e. The van der Waals surface area contributed by atoms with E-state index in [9.17, 15) is 4.79 Å². The Kier molecular flexibility index (Phi) is 5.51. The zero-order valence-corrected chi connectivity index (χ0v) is 13.9. The molecule has 1 heterocycles. The second-order valence-electron chi connectivity index (χ2n) is 5.22. The lowest BCUT2D eigenvalue weighted by Gasteiger charge is -2.16. The van der Waals surface area contributed by atoms with Gasteiger partial charge < -0.3 is 15.4 Å². The Morgan fingerprint density at radius 2 is 2.09 bits per heavy atom. The molecule has 1 aromatic heterocycles. The molecule has 22 heavy (non-hydrogen) atoms. The standard InChI is InChI=1S/C16H21N3O2S/c1-11(21-3)16-18-14(10-22-16)9-19(2)15(20)8-12-4-6-13(17)7-5-12/h4-7,10-11H,8-9,17H2,1-3H3/t11-/m0/s1.